The number of unbranched alkanes of at least 4 members (excludes halogenated alkanes) is 1. The van der Waals surface area contributed by atoms with Gasteiger partial charge in [0.2, 0.25) is 0 Å². The van der Waals surface area contributed by atoms with Crippen molar-refractivity contribution in [1.82, 2.24) is 5.32 Å². The van der Waals surface area contributed by atoms with Crippen molar-refractivity contribution in [3.8, 4) is 0 Å². The first-order chi connectivity index (χ1) is 9.54. The van der Waals surface area contributed by atoms with Crippen LogP contribution in [-0.2, 0) is 10.8 Å². The van der Waals surface area contributed by atoms with E-state index < -0.39 is 22.4 Å². The quantitative estimate of drug-likeness (QED) is 0.706. The van der Waals surface area contributed by atoms with Crippen molar-refractivity contribution in [1.29, 1.82) is 0 Å². The highest BCUT2D eigenvalue weighted by Crippen LogP contribution is 2.15. The van der Waals surface area contributed by atoms with Crippen LogP contribution in [0.15, 0.2) is 23.1 Å². The number of hydrogen-bond acceptors (Lipinski definition) is 2. The van der Waals surface area contributed by atoms with E-state index in [0.29, 0.717) is 11.8 Å². The third kappa shape index (κ3) is 6.09. The minimum atomic E-state index is -1.39. The molecule has 2 atom stereocenters. The van der Waals surface area contributed by atoms with E-state index >= 15 is 0 Å². The minimum Gasteiger partial charge on any atom is -0.314 e. The maximum absolute atomic E-state index is 13.4. The number of halogens is 2. The van der Waals surface area contributed by atoms with Gasteiger partial charge in [-0.1, -0.05) is 13.3 Å². The molecule has 0 fully saturated rings. The summed E-state index contributed by atoms with van der Waals surface area (Å²) in [4.78, 5) is 0.101. The molecule has 0 aliphatic carbocycles. The van der Waals surface area contributed by atoms with E-state index in [-0.39, 0.29) is 4.90 Å². The van der Waals surface area contributed by atoms with E-state index in [1.54, 1.807) is 0 Å². The maximum atomic E-state index is 13.4. The van der Waals surface area contributed by atoms with Gasteiger partial charge in [-0.05, 0) is 44.9 Å². The standard InChI is InChI=1S/C15H23F2NOS/c1-3-9-18-12(2)6-4-5-10-20(19)15-8-7-13(16)11-14(15)17/h7-8,11-12,18H,3-6,9-10H2,1-2H3. The van der Waals surface area contributed by atoms with E-state index in [0.717, 1.165) is 44.4 Å². The number of rotatable bonds is 9. The van der Waals surface area contributed by atoms with Crippen molar-refractivity contribution in [2.45, 2.75) is 50.5 Å². The van der Waals surface area contributed by atoms with Gasteiger partial charge in [-0.2, -0.15) is 0 Å². The zero-order valence-corrected chi connectivity index (χ0v) is 12.9. The van der Waals surface area contributed by atoms with Gasteiger partial charge in [-0.3, -0.25) is 4.21 Å². The molecule has 0 saturated carbocycles. The van der Waals surface area contributed by atoms with E-state index in [1.165, 1.54) is 6.07 Å². The average molecular weight is 303 g/mol. The molecule has 0 heterocycles. The van der Waals surface area contributed by atoms with E-state index in [9.17, 15) is 13.0 Å². The van der Waals surface area contributed by atoms with Gasteiger partial charge in [-0.25, -0.2) is 8.78 Å². The van der Waals surface area contributed by atoms with Gasteiger partial charge in [0.05, 0.1) is 15.7 Å². The second-order valence-corrected chi connectivity index (χ2v) is 6.51. The van der Waals surface area contributed by atoms with Gasteiger partial charge in [0.25, 0.3) is 0 Å². The van der Waals surface area contributed by atoms with Crippen LogP contribution in [0.3, 0.4) is 0 Å². The summed E-state index contributed by atoms with van der Waals surface area (Å²) in [7, 11) is -1.39. The first-order valence-corrected chi connectivity index (χ1v) is 8.43. The van der Waals surface area contributed by atoms with Crippen molar-refractivity contribution in [2.24, 2.45) is 0 Å². The fourth-order valence-electron chi connectivity index (χ4n) is 1.95. The van der Waals surface area contributed by atoms with Crippen LogP contribution in [-0.4, -0.2) is 22.5 Å². The molecular weight excluding hydrogens is 280 g/mol. The van der Waals surface area contributed by atoms with E-state index in [1.807, 2.05) is 0 Å². The molecule has 0 saturated heterocycles. The highest BCUT2D eigenvalue weighted by Gasteiger charge is 2.11. The SMILES string of the molecule is CCCNC(C)CCCCS(=O)c1ccc(F)cc1F. The smallest absolute Gasteiger partial charge is 0.142 e. The molecule has 1 N–H and O–H groups in total. The predicted octanol–water partition coefficient (Wildman–Crippen LogP) is 3.63. The van der Waals surface area contributed by atoms with Crippen LogP contribution < -0.4 is 5.32 Å². The Morgan fingerprint density at radius 1 is 1.30 bits per heavy atom. The second kappa shape index (κ2) is 9.19. The molecule has 0 spiro atoms. The zero-order chi connectivity index (χ0) is 15.0. The molecule has 2 nitrogen and oxygen atoms in total. The van der Waals surface area contributed by atoms with Crippen LogP contribution in [0.2, 0.25) is 0 Å². The Kier molecular flexibility index (Phi) is 7.92. The molecule has 0 aliphatic rings. The van der Waals surface area contributed by atoms with Crippen molar-refractivity contribution >= 4 is 10.8 Å². The molecule has 0 bridgehead atoms. The van der Waals surface area contributed by atoms with Crippen LogP contribution in [0.4, 0.5) is 8.78 Å². The normalized spacial score (nSPS) is 14.2. The third-order valence-electron chi connectivity index (χ3n) is 3.10. The molecule has 0 aliphatic heterocycles. The fraction of sp³-hybridized carbons (Fsp3) is 0.600. The summed E-state index contributed by atoms with van der Waals surface area (Å²) in [6.07, 6.45) is 3.86. The summed E-state index contributed by atoms with van der Waals surface area (Å²) in [6, 6.07) is 3.65. The van der Waals surface area contributed by atoms with Crippen LogP contribution in [0.5, 0.6) is 0 Å². The molecule has 114 valence electrons. The maximum Gasteiger partial charge on any atom is 0.142 e. The summed E-state index contributed by atoms with van der Waals surface area (Å²) >= 11 is 0. The lowest BCUT2D eigenvalue weighted by Crippen LogP contribution is -2.26. The topological polar surface area (TPSA) is 29.1 Å². The van der Waals surface area contributed by atoms with Crippen molar-refractivity contribution < 1.29 is 13.0 Å². The van der Waals surface area contributed by atoms with Crippen LogP contribution in [0.1, 0.15) is 39.5 Å². The predicted molar refractivity (Wildman–Crippen MR) is 79.2 cm³/mol. The Bertz CT molecular complexity index is 440. The van der Waals surface area contributed by atoms with Gasteiger partial charge in [0, 0.05) is 17.9 Å². The molecule has 1 rings (SSSR count). The lowest BCUT2D eigenvalue weighted by atomic mass is 10.1. The van der Waals surface area contributed by atoms with Crippen LogP contribution in [0.25, 0.3) is 0 Å². The molecule has 0 radical (unpaired) electrons. The Hall–Kier alpha value is -0.810. The van der Waals surface area contributed by atoms with Gasteiger partial charge in [-0.15, -0.1) is 0 Å². The highest BCUT2D eigenvalue weighted by molar-refractivity contribution is 7.85. The van der Waals surface area contributed by atoms with Crippen molar-refractivity contribution in [3.05, 3.63) is 29.8 Å². The summed E-state index contributed by atoms with van der Waals surface area (Å²) in [5, 5.41) is 3.39. The first kappa shape index (κ1) is 17.2. The molecule has 1 aromatic carbocycles. The Morgan fingerprint density at radius 2 is 2.05 bits per heavy atom. The van der Waals surface area contributed by atoms with Gasteiger partial charge < -0.3 is 5.32 Å². The molecule has 0 amide bonds. The van der Waals surface area contributed by atoms with Gasteiger partial charge in [0.15, 0.2) is 0 Å². The van der Waals surface area contributed by atoms with E-state index in [2.05, 4.69) is 19.2 Å². The summed E-state index contributed by atoms with van der Waals surface area (Å²) in [5.74, 6) is -0.941. The highest BCUT2D eigenvalue weighted by atomic mass is 32.2. The largest absolute Gasteiger partial charge is 0.314 e. The van der Waals surface area contributed by atoms with Crippen molar-refractivity contribution in [2.75, 3.05) is 12.3 Å². The Labute approximate surface area is 122 Å². The van der Waals surface area contributed by atoms with Crippen LogP contribution in [0, 0.1) is 11.6 Å². The molecule has 2 unspecified atom stereocenters. The lowest BCUT2D eigenvalue weighted by Gasteiger charge is -2.12. The zero-order valence-electron chi connectivity index (χ0n) is 12.1. The summed E-state index contributed by atoms with van der Waals surface area (Å²) in [6.45, 7) is 5.26. The first-order valence-electron chi connectivity index (χ1n) is 7.11. The second-order valence-electron chi connectivity index (χ2n) is 4.98. The van der Waals surface area contributed by atoms with Gasteiger partial charge >= 0.3 is 0 Å². The number of nitrogens with one attached hydrogen (secondary N) is 1. The third-order valence-corrected chi connectivity index (χ3v) is 4.58. The average Bonchev–Trinajstić information content (AvgIpc) is 2.41. The lowest BCUT2D eigenvalue weighted by molar-refractivity contribution is 0.495. The fourth-order valence-corrected chi connectivity index (χ4v) is 3.13. The Balaban J connectivity index is 2.30. The summed E-state index contributed by atoms with van der Waals surface area (Å²) < 4.78 is 38.1. The van der Waals surface area contributed by atoms with Crippen LogP contribution >= 0.6 is 0 Å². The van der Waals surface area contributed by atoms with Gasteiger partial charge in [0.1, 0.15) is 11.6 Å². The van der Waals surface area contributed by atoms with Crippen molar-refractivity contribution in [3.63, 3.8) is 0 Å². The molecular formula is C15H23F2NOS. The number of benzene rings is 1. The molecule has 20 heavy (non-hydrogen) atoms. The summed E-state index contributed by atoms with van der Waals surface area (Å²) in [5.41, 5.74) is 0. The monoisotopic (exact) mass is 303 g/mol. The Morgan fingerprint density at radius 3 is 2.70 bits per heavy atom. The molecule has 1 aromatic rings. The minimum absolute atomic E-state index is 0.101. The molecule has 5 heteroatoms. The number of hydrogen-bond donors (Lipinski definition) is 1. The molecule has 0 aromatic heterocycles. The van der Waals surface area contributed by atoms with E-state index in [4.69, 9.17) is 0 Å².